The summed E-state index contributed by atoms with van der Waals surface area (Å²) < 4.78 is 0. The first-order chi connectivity index (χ1) is 7.88. The minimum Gasteiger partial charge on any atom is -0.370 e. The van der Waals surface area contributed by atoms with E-state index in [0.29, 0.717) is 0 Å². The van der Waals surface area contributed by atoms with Crippen LogP contribution in [0.15, 0.2) is 46.8 Å². The van der Waals surface area contributed by atoms with Gasteiger partial charge in [-0.15, -0.1) is 0 Å². The molecule has 0 spiro atoms. The number of rotatable bonds is 4. The Bertz CT molecular complexity index is 447. The van der Waals surface area contributed by atoms with Crippen LogP contribution in [0.25, 0.3) is 0 Å². The standard InChI is InChI=1S/C11H12N4S/c1-2-13-9-4-3-5-10(15-9)16-11-8-12-6-7-14-11/h3-8H,2H2,1H3,(H,13,15). The second-order valence-corrected chi connectivity index (χ2v) is 4.08. The van der Waals surface area contributed by atoms with Crippen LogP contribution in [-0.2, 0) is 0 Å². The molecular formula is C11H12N4S. The van der Waals surface area contributed by atoms with Crippen molar-refractivity contribution in [2.45, 2.75) is 17.0 Å². The maximum absolute atomic E-state index is 4.44. The molecule has 2 heterocycles. The van der Waals surface area contributed by atoms with Gasteiger partial charge in [0.2, 0.25) is 0 Å². The van der Waals surface area contributed by atoms with Crippen LogP contribution in [0.2, 0.25) is 0 Å². The van der Waals surface area contributed by atoms with Crippen molar-refractivity contribution >= 4 is 17.6 Å². The van der Waals surface area contributed by atoms with E-state index in [1.807, 2.05) is 25.1 Å². The zero-order valence-electron chi connectivity index (χ0n) is 8.92. The molecule has 0 atom stereocenters. The Labute approximate surface area is 98.6 Å². The van der Waals surface area contributed by atoms with Crippen molar-refractivity contribution in [3.63, 3.8) is 0 Å². The molecule has 0 bridgehead atoms. The third-order valence-corrected chi connectivity index (χ3v) is 2.69. The number of aromatic nitrogens is 3. The molecule has 0 saturated heterocycles. The van der Waals surface area contributed by atoms with E-state index in [1.54, 1.807) is 18.6 Å². The first kappa shape index (κ1) is 10.9. The van der Waals surface area contributed by atoms with E-state index >= 15 is 0 Å². The zero-order valence-corrected chi connectivity index (χ0v) is 9.74. The van der Waals surface area contributed by atoms with E-state index in [-0.39, 0.29) is 0 Å². The minimum absolute atomic E-state index is 0.851. The molecule has 2 rings (SSSR count). The van der Waals surface area contributed by atoms with Crippen LogP contribution >= 0.6 is 11.8 Å². The fourth-order valence-corrected chi connectivity index (χ4v) is 1.93. The fraction of sp³-hybridized carbons (Fsp3) is 0.182. The second-order valence-electron chi connectivity index (χ2n) is 3.04. The molecule has 0 aliphatic heterocycles. The van der Waals surface area contributed by atoms with Gasteiger partial charge >= 0.3 is 0 Å². The maximum Gasteiger partial charge on any atom is 0.127 e. The largest absolute Gasteiger partial charge is 0.370 e. The Kier molecular flexibility index (Phi) is 3.71. The lowest BCUT2D eigenvalue weighted by Gasteiger charge is -2.04. The first-order valence-electron chi connectivity index (χ1n) is 5.03. The molecule has 0 saturated carbocycles. The van der Waals surface area contributed by atoms with E-state index in [4.69, 9.17) is 0 Å². The molecule has 5 heteroatoms. The van der Waals surface area contributed by atoms with Crippen LogP contribution < -0.4 is 5.32 Å². The highest BCUT2D eigenvalue weighted by Gasteiger charge is 2.00. The smallest absolute Gasteiger partial charge is 0.127 e. The van der Waals surface area contributed by atoms with E-state index in [9.17, 15) is 0 Å². The number of hydrogen-bond acceptors (Lipinski definition) is 5. The van der Waals surface area contributed by atoms with Gasteiger partial charge in [-0.1, -0.05) is 6.07 Å². The van der Waals surface area contributed by atoms with Crippen molar-refractivity contribution in [2.24, 2.45) is 0 Å². The van der Waals surface area contributed by atoms with E-state index < -0.39 is 0 Å². The number of nitrogens with zero attached hydrogens (tertiary/aromatic N) is 3. The summed E-state index contributed by atoms with van der Waals surface area (Å²) in [5, 5.41) is 4.94. The van der Waals surface area contributed by atoms with Gasteiger partial charge < -0.3 is 5.32 Å². The van der Waals surface area contributed by atoms with Gasteiger partial charge in [0.1, 0.15) is 15.9 Å². The third kappa shape index (κ3) is 2.93. The molecule has 1 N–H and O–H groups in total. The summed E-state index contributed by atoms with van der Waals surface area (Å²) in [6, 6.07) is 5.88. The molecule has 0 amide bonds. The van der Waals surface area contributed by atoms with E-state index in [1.165, 1.54) is 11.8 Å². The molecule has 82 valence electrons. The Morgan fingerprint density at radius 3 is 2.94 bits per heavy atom. The Hall–Kier alpha value is -1.62. The molecule has 0 aromatic carbocycles. The molecule has 0 aliphatic rings. The van der Waals surface area contributed by atoms with Gasteiger partial charge in [-0.05, 0) is 30.8 Å². The highest BCUT2D eigenvalue weighted by atomic mass is 32.2. The van der Waals surface area contributed by atoms with Crippen LogP contribution in [0.4, 0.5) is 5.82 Å². The van der Waals surface area contributed by atoms with Crippen molar-refractivity contribution in [1.29, 1.82) is 0 Å². The van der Waals surface area contributed by atoms with E-state index in [2.05, 4.69) is 20.3 Å². The maximum atomic E-state index is 4.44. The van der Waals surface area contributed by atoms with E-state index in [0.717, 1.165) is 22.4 Å². The van der Waals surface area contributed by atoms with Crippen molar-refractivity contribution in [1.82, 2.24) is 15.0 Å². The second kappa shape index (κ2) is 5.46. The average molecular weight is 232 g/mol. The summed E-state index contributed by atoms with van der Waals surface area (Å²) in [5.41, 5.74) is 0. The molecule has 0 aliphatic carbocycles. The van der Waals surface area contributed by atoms with Crippen molar-refractivity contribution in [3.05, 3.63) is 36.8 Å². The van der Waals surface area contributed by atoms with Crippen LogP contribution in [0.5, 0.6) is 0 Å². The van der Waals surface area contributed by atoms with Crippen LogP contribution in [-0.4, -0.2) is 21.5 Å². The van der Waals surface area contributed by atoms with Gasteiger partial charge in [0.15, 0.2) is 0 Å². The predicted octanol–water partition coefficient (Wildman–Crippen LogP) is 2.45. The summed E-state index contributed by atoms with van der Waals surface area (Å²) in [7, 11) is 0. The van der Waals surface area contributed by atoms with Gasteiger partial charge in [0, 0.05) is 18.9 Å². The lowest BCUT2D eigenvalue weighted by Crippen LogP contribution is -1.99. The average Bonchev–Trinajstić information content (AvgIpc) is 2.31. The summed E-state index contributed by atoms with van der Waals surface area (Å²) in [5.74, 6) is 0.886. The lowest BCUT2D eigenvalue weighted by atomic mass is 10.4. The summed E-state index contributed by atoms with van der Waals surface area (Å²) in [6.45, 7) is 2.91. The number of anilines is 1. The van der Waals surface area contributed by atoms with Gasteiger partial charge in [-0.25, -0.2) is 9.97 Å². The number of pyridine rings is 1. The Morgan fingerprint density at radius 1 is 1.25 bits per heavy atom. The Morgan fingerprint density at radius 2 is 2.19 bits per heavy atom. The van der Waals surface area contributed by atoms with Crippen LogP contribution in [0.1, 0.15) is 6.92 Å². The molecule has 0 unspecified atom stereocenters. The normalized spacial score (nSPS) is 10.1. The van der Waals surface area contributed by atoms with Crippen molar-refractivity contribution in [3.8, 4) is 0 Å². The number of hydrogen-bond donors (Lipinski definition) is 1. The highest BCUT2D eigenvalue weighted by molar-refractivity contribution is 7.99. The molecular weight excluding hydrogens is 220 g/mol. The molecule has 2 aromatic rings. The third-order valence-electron chi connectivity index (χ3n) is 1.83. The molecule has 2 aromatic heterocycles. The van der Waals surface area contributed by atoms with Gasteiger partial charge in [0.05, 0.1) is 6.20 Å². The predicted molar refractivity (Wildman–Crippen MR) is 64.6 cm³/mol. The lowest BCUT2D eigenvalue weighted by molar-refractivity contribution is 1.04. The topological polar surface area (TPSA) is 50.7 Å². The minimum atomic E-state index is 0.851. The zero-order chi connectivity index (χ0) is 11.2. The Balaban J connectivity index is 2.12. The fourth-order valence-electron chi connectivity index (χ4n) is 1.20. The summed E-state index contributed by atoms with van der Waals surface area (Å²) in [4.78, 5) is 12.6. The van der Waals surface area contributed by atoms with Crippen LogP contribution in [0.3, 0.4) is 0 Å². The summed E-state index contributed by atoms with van der Waals surface area (Å²) >= 11 is 1.50. The van der Waals surface area contributed by atoms with Gasteiger partial charge in [0.25, 0.3) is 0 Å². The van der Waals surface area contributed by atoms with Gasteiger partial charge in [-0.3, -0.25) is 4.98 Å². The molecule has 0 radical (unpaired) electrons. The van der Waals surface area contributed by atoms with Crippen LogP contribution in [0, 0.1) is 0 Å². The molecule has 4 nitrogen and oxygen atoms in total. The van der Waals surface area contributed by atoms with Gasteiger partial charge in [-0.2, -0.15) is 0 Å². The van der Waals surface area contributed by atoms with Crippen molar-refractivity contribution < 1.29 is 0 Å². The summed E-state index contributed by atoms with van der Waals surface area (Å²) in [6.07, 6.45) is 5.06. The highest BCUT2D eigenvalue weighted by Crippen LogP contribution is 2.23. The number of nitrogens with one attached hydrogen (secondary N) is 1. The SMILES string of the molecule is CCNc1cccc(Sc2cnccn2)n1. The first-order valence-corrected chi connectivity index (χ1v) is 5.85. The molecule has 0 fully saturated rings. The monoisotopic (exact) mass is 232 g/mol. The molecule has 16 heavy (non-hydrogen) atoms. The quantitative estimate of drug-likeness (QED) is 0.877. The van der Waals surface area contributed by atoms with Crippen molar-refractivity contribution in [2.75, 3.05) is 11.9 Å².